The van der Waals surface area contributed by atoms with Crippen LogP contribution in [-0.4, -0.2) is 64.4 Å². The van der Waals surface area contributed by atoms with E-state index in [1.807, 2.05) is 25.3 Å². The highest BCUT2D eigenvalue weighted by atomic mass is 32.2. The van der Waals surface area contributed by atoms with E-state index in [2.05, 4.69) is 4.98 Å². The average Bonchev–Trinajstić information content (AvgIpc) is 3.29. The summed E-state index contributed by atoms with van der Waals surface area (Å²) >= 11 is 1.44. The topological polar surface area (TPSA) is 92.6 Å². The van der Waals surface area contributed by atoms with Gasteiger partial charge in [0.15, 0.2) is 5.16 Å². The van der Waals surface area contributed by atoms with E-state index in [0.29, 0.717) is 42.0 Å². The minimum atomic E-state index is -3.57. The lowest BCUT2D eigenvalue weighted by Crippen LogP contribution is -2.31. The third kappa shape index (κ3) is 4.07. The van der Waals surface area contributed by atoms with Crippen LogP contribution in [0.3, 0.4) is 0 Å². The molecule has 10 heteroatoms. The van der Waals surface area contributed by atoms with Crippen LogP contribution in [-0.2, 0) is 16.6 Å². The second-order valence-corrected chi connectivity index (χ2v) is 10.5. The van der Waals surface area contributed by atoms with Gasteiger partial charge in [0.2, 0.25) is 10.0 Å². The maximum atomic E-state index is 12.9. The number of amides is 2. The number of imide groups is 1. The number of aromatic nitrogens is 2. The summed E-state index contributed by atoms with van der Waals surface area (Å²) in [7, 11) is -3.57. The fourth-order valence-corrected chi connectivity index (χ4v) is 6.53. The normalized spacial score (nSPS) is 14.0. The molecule has 0 saturated carbocycles. The van der Waals surface area contributed by atoms with Crippen LogP contribution in [0.5, 0.6) is 0 Å². The van der Waals surface area contributed by atoms with Crippen molar-refractivity contribution in [1.29, 1.82) is 0 Å². The van der Waals surface area contributed by atoms with Crippen LogP contribution in [0.25, 0.3) is 11.0 Å². The fraction of sp³-hybridized carbons (Fsp3) is 0.348. The number of hydrogen-bond donors (Lipinski definition) is 0. The van der Waals surface area contributed by atoms with Crippen molar-refractivity contribution < 1.29 is 18.0 Å². The first-order valence-electron chi connectivity index (χ1n) is 10.9. The molecule has 8 nitrogen and oxygen atoms in total. The van der Waals surface area contributed by atoms with Gasteiger partial charge in [-0.15, -0.1) is 0 Å². The lowest BCUT2D eigenvalue weighted by atomic mass is 10.1. The Bertz CT molecular complexity index is 1290. The highest BCUT2D eigenvalue weighted by molar-refractivity contribution is 7.99. The molecule has 0 bridgehead atoms. The van der Waals surface area contributed by atoms with Crippen LogP contribution in [0.4, 0.5) is 0 Å². The number of thioether (sulfide) groups is 1. The van der Waals surface area contributed by atoms with Crippen molar-refractivity contribution in [3.63, 3.8) is 0 Å². The van der Waals surface area contributed by atoms with Crippen molar-refractivity contribution in [2.45, 2.75) is 37.4 Å². The number of nitrogens with zero attached hydrogens (tertiary/aromatic N) is 4. The van der Waals surface area contributed by atoms with Gasteiger partial charge in [-0.05, 0) is 37.3 Å². The standard InChI is InChI=1S/C23H26N4O4S2/c1-4-25(5-2)33(30,31)16-11-12-20-19(15-16)24-23(26(20)6-3)32-14-13-27-21(28)17-9-7-8-10-18(17)22(27)29/h7-12,15H,4-6,13-14H2,1-3H3. The summed E-state index contributed by atoms with van der Waals surface area (Å²) in [6.07, 6.45) is 0. The molecule has 1 aliphatic heterocycles. The molecular weight excluding hydrogens is 460 g/mol. The Hall–Kier alpha value is -2.69. The molecule has 1 aromatic heterocycles. The van der Waals surface area contributed by atoms with Crippen molar-refractivity contribution in [3.05, 3.63) is 53.6 Å². The predicted octanol–water partition coefficient (Wildman–Crippen LogP) is 3.48. The largest absolute Gasteiger partial charge is 0.319 e. The number of hydrogen-bond acceptors (Lipinski definition) is 6. The first-order valence-corrected chi connectivity index (χ1v) is 13.3. The van der Waals surface area contributed by atoms with E-state index in [1.165, 1.54) is 21.0 Å². The first-order chi connectivity index (χ1) is 15.8. The molecule has 2 heterocycles. The number of carbonyl (C=O) groups is 2. The Balaban J connectivity index is 1.54. The molecule has 0 spiro atoms. The second-order valence-electron chi connectivity index (χ2n) is 7.53. The highest BCUT2D eigenvalue weighted by Crippen LogP contribution is 2.28. The smallest absolute Gasteiger partial charge is 0.261 e. The van der Waals surface area contributed by atoms with Gasteiger partial charge in [0.1, 0.15) is 0 Å². The molecule has 2 amide bonds. The van der Waals surface area contributed by atoms with E-state index in [9.17, 15) is 18.0 Å². The van der Waals surface area contributed by atoms with Gasteiger partial charge in [-0.1, -0.05) is 37.7 Å². The minimum absolute atomic E-state index is 0.224. The van der Waals surface area contributed by atoms with Crippen LogP contribution in [0, 0.1) is 0 Å². The summed E-state index contributed by atoms with van der Waals surface area (Å²) in [5.41, 5.74) is 2.33. The quantitative estimate of drug-likeness (QED) is 0.340. The Morgan fingerprint density at radius 3 is 2.18 bits per heavy atom. The Morgan fingerprint density at radius 2 is 1.61 bits per heavy atom. The zero-order valence-corrected chi connectivity index (χ0v) is 20.4. The number of fused-ring (bicyclic) bond motifs is 2. The summed E-state index contributed by atoms with van der Waals surface area (Å²) < 4.78 is 29.2. The zero-order chi connectivity index (χ0) is 23.8. The third-order valence-corrected chi connectivity index (χ3v) is 8.77. The molecule has 0 saturated heterocycles. The fourth-order valence-electron chi connectivity index (χ4n) is 4.05. The number of aryl methyl sites for hydroxylation is 1. The van der Waals surface area contributed by atoms with Gasteiger partial charge >= 0.3 is 0 Å². The van der Waals surface area contributed by atoms with E-state index in [-0.39, 0.29) is 23.3 Å². The van der Waals surface area contributed by atoms with Gasteiger partial charge < -0.3 is 4.57 Å². The molecule has 0 fully saturated rings. The van der Waals surface area contributed by atoms with Gasteiger partial charge in [-0.25, -0.2) is 13.4 Å². The summed E-state index contributed by atoms with van der Waals surface area (Å²) in [5.74, 6) is -0.0581. The molecular formula is C23H26N4O4S2. The van der Waals surface area contributed by atoms with Crippen molar-refractivity contribution in [2.75, 3.05) is 25.4 Å². The molecule has 3 aromatic rings. The summed E-state index contributed by atoms with van der Waals surface area (Å²) in [6, 6.07) is 11.9. The monoisotopic (exact) mass is 486 g/mol. The van der Waals surface area contributed by atoms with Crippen LogP contribution in [0.1, 0.15) is 41.5 Å². The van der Waals surface area contributed by atoms with Crippen molar-refractivity contribution in [3.8, 4) is 0 Å². The number of benzene rings is 2. The third-order valence-electron chi connectivity index (χ3n) is 5.77. The van der Waals surface area contributed by atoms with Crippen molar-refractivity contribution in [2.24, 2.45) is 0 Å². The van der Waals surface area contributed by atoms with Crippen molar-refractivity contribution >= 4 is 44.6 Å². The lowest BCUT2D eigenvalue weighted by Gasteiger charge is -2.18. The Labute approximate surface area is 197 Å². The molecule has 0 N–H and O–H groups in total. The van der Waals surface area contributed by atoms with E-state index in [1.54, 1.807) is 42.5 Å². The number of carbonyl (C=O) groups excluding carboxylic acids is 2. The molecule has 4 rings (SSSR count). The average molecular weight is 487 g/mol. The van der Waals surface area contributed by atoms with Gasteiger partial charge in [0.05, 0.1) is 27.1 Å². The number of sulfonamides is 1. The molecule has 1 aliphatic rings. The van der Waals surface area contributed by atoms with Crippen LogP contribution in [0.2, 0.25) is 0 Å². The molecule has 174 valence electrons. The van der Waals surface area contributed by atoms with Crippen LogP contribution in [0.15, 0.2) is 52.5 Å². The van der Waals surface area contributed by atoms with E-state index < -0.39 is 10.0 Å². The lowest BCUT2D eigenvalue weighted by molar-refractivity contribution is 0.0664. The molecule has 0 aliphatic carbocycles. The number of imidazole rings is 1. The van der Waals surface area contributed by atoms with E-state index in [4.69, 9.17) is 0 Å². The maximum absolute atomic E-state index is 12.9. The second kappa shape index (κ2) is 9.28. The molecule has 33 heavy (non-hydrogen) atoms. The predicted molar refractivity (Wildman–Crippen MR) is 128 cm³/mol. The zero-order valence-electron chi connectivity index (χ0n) is 18.8. The summed E-state index contributed by atoms with van der Waals surface area (Å²) in [6.45, 7) is 7.36. The van der Waals surface area contributed by atoms with Crippen molar-refractivity contribution in [1.82, 2.24) is 18.8 Å². The maximum Gasteiger partial charge on any atom is 0.261 e. The summed E-state index contributed by atoms with van der Waals surface area (Å²) in [4.78, 5) is 31.3. The highest BCUT2D eigenvalue weighted by Gasteiger charge is 2.34. The number of rotatable bonds is 9. The first kappa shape index (κ1) is 23.5. The molecule has 0 atom stereocenters. The van der Waals surface area contributed by atoms with Crippen LogP contribution >= 0.6 is 11.8 Å². The molecule has 2 aromatic carbocycles. The van der Waals surface area contributed by atoms with Gasteiger partial charge in [-0.3, -0.25) is 14.5 Å². The van der Waals surface area contributed by atoms with Gasteiger partial charge in [-0.2, -0.15) is 4.31 Å². The van der Waals surface area contributed by atoms with Gasteiger partial charge in [0, 0.05) is 31.9 Å². The molecule has 0 unspecified atom stereocenters. The molecule has 0 radical (unpaired) electrons. The Morgan fingerprint density at radius 1 is 0.970 bits per heavy atom. The van der Waals surface area contributed by atoms with Gasteiger partial charge in [0.25, 0.3) is 11.8 Å². The van der Waals surface area contributed by atoms with E-state index >= 15 is 0 Å². The minimum Gasteiger partial charge on any atom is -0.319 e. The van der Waals surface area contributed by atoms with Crippen LogP contribution < -0.4 is 0 Å². The summed E-state index contributed by atoms with van der Waals surface area (Å²) in [5, 5.41) is 0.724. The SMILES string of the molecule is CCN(CC)S(=O)(=O)c1ccc2c(c1)nc(SCCN1C(=O)c3ccccc3C1=O)n2CC. The van der Waals surface area contributed by atoms with E-state index in [0.717, 1.165) is 10.7 Å². The Kier molecular flexibility index (Phi) is 6.60.